The number of urea groups is 1. The van der Waals surface area contributed by atoms with Crippen molar-refractivity contribution in [2.45, 2.75) is 51.6 Å². The molecule has 0 saturated carbocycles. The quantitative estimate of drug-likeness (QED) is 0.687. The predicted molar refractivity (Wildman–Crippen MR) is 73.3 cm³/mol. The van der Waals surface area contributed by atoms with Gasteiger partial charge in [0.1, 0.15) is 6.04 Å². The van der Waals surface area contributed by atoms with Crippen LogP contribution in [0.1, 0.15) is 39.5 Å². The molecule has 3 N–H and O–H groups in total. The third kappa shape index (κ3) is 5.46. The molecule has 0 aromatic carbocycles. The number of carboxylic acids is 1. The highest BCUT2D eigenvalue weighted by Gasteiger charge is 2.23. The van der Waals surface area contributed by atoms with Crippen molar-refractivity contribution < 1.29 is 19.5 Å². The molecule has 0 radical (unpaired) electrons. The van der Waals surface area contributed by atoms with Gasteiger partial charge in [0.2, 0.25) is 5.91 Å². The highest BCUT2D eigenvalue weighted by Crippen LogP contribution is 2.09. The highest BCUT2D eigenvalue weighted by atomic mass is 16.4. The largest absolute Gasteiger partial charge is 0.481 e. The first-order valence-corrected chi connectivity index (χ1v) is 6.97. The normalized spacial score (nSPS) is 18.0. The van der Waals surface area contributed by atoms with Gasteiger partial charge in [0.15, 0.2) is 0 Å². The molecular weight excluding hydrogens is 262 g/mol. The fourth-order valence-electron chi connectivity index (χ4n) is 2.22. The minimum Gasteiger partial charge on any atom is -0.481 e. The molecule has 1 aliphatic rings. The van der Waals surface area contributed by atoms with Gasteiger partial charge >= 0.3 is 12.0 Å². The van der Waals surface area contributed by atoms with E-state index in [1.54, 1.807) is 18.7 Å². The van der Waals surface area contributed by atoms with Gasteiger partial charge in [0.25, 0.3) is 0 Å². The second-order valence-corrected chi connectivity index (χ2v) is 5.22. The zero-order valence-electron chi connectivity index (χ0n) is 12.0. The molecule has 1 aliphatic heterocycles. The summed E-state index contributed by atoms with van der Waals surface area (Å²) in [6, 6.07) is -1.61. The maximum Gasteiger partial charge on any atom is 0.315 e. The molecule has 1 heterocycles. The zero-order chi connectivity index (χ0) is 15.1. The molecule has 2 atom stereocenters. The second kappa shape index (κ2) is 7.72. The number of hydrogen-bond acceptors (Lipinski definition) is 3. The third-order valence-electron chi connectivity index (χ3n) is 3.24. The first-order chi connectivity index (χ1) is 9.40. The SMILES string of the molecule is CC(CC(=O)O)NC(=O)NC(C)C(=O)N1CCCCC1. The molecule has 0 spiro atoms. The molecule has 1 saturated heterocycles. The van der Waals surface area contributed by atoms with Crippen molar-refractivity contribution in [1.82, 2.24) is 15.5 Å². The Morgan fingerprint density at radius 2 is 1.70 bits per heavy atom. The highest BCUT2D eigenvalue weighted by molar-refractivity contribution is 5.87. The molecule has 114 valence electrons. The van der Waals surface area contributed by atoms with Crippen LogP contribution in [0.2, 0.25) is 0 Å². The standard InChI is InChI=1S/C13H23N3O4/c1-9(8-11(17)18)14-13(20)15-10(2)12(19)16-6-4-3-5-7-16/h9-10H,3-8H2,1-2H3,(H,17,18)(H2,14,15,20). The van der Waals surface area contributed by atoms with Gasteiger partial charge in [-0.05, 0) is 33.1 Å². The smallest absolute Gasteiger partial charge is 0.315 e. The summed E-state index contributed by atoms with van der Waals surface area (Å²) in [5.41, 5.74) is 0. The molecule has 3 amide bonds. The summed E-state index contributed by atoms with van der Waals surface area (Å²) in [5.74, 6) is -1.07. The molecule has 2 unspecified atom stereocenters. The number of nitrogens with zero attached hydrogens (tertiary/aromatic N) is 1. The van der Waals surface area contributed by atoms with Gasteiger partial charge in [-0.25, -0.2) is 4.79 Å². The average Bonchev–Trinajstić information content (AvgIpc) is 2.37. The Balaban J connectivity index is 2.36. The summed E-state index contributed by atoms with van der Waals surface area (Å²) in [4.78, 5) is 36.0. The van der Waals surface area contributed by atoms with Crippen LogP contribution in [-0.4, -0.2) is 53.1 Å². The molecule has 1 rings (SSSR count). The van der Waals surface area contributed by atoms with Gasteiger partial charge in [-0.1, -0.05) is 0 Å². The van der Waals surface area contributed by atoms with Crippen molar-refractivity contribution in [3.8, 4) is 0 Å². The van der Waals surface area contributed by atoms with Crippen LogP contribution in [0.5, 0.6) is 0 Å². The van der Waals surface area contributed by atoms with Crippen LogP contribution < -0.4 is 10.6 Å². The van der Waals surface area contributed by atoms with E-state index >= 15 is 0 Å². The number of piperidine rings is 1. The van der Waals surface area contributed by atoms with Crippen LogP contribution in [0.25, 0.3) is 0 Å². The molecule has 7 heteroatoms. The minimum atomic E-state index is -0.977. The molecule has 1 fully saturated rings. The van der Waals surface area contributed by atoms with E-state index in [9.17, 15) is 14.4 Å². The molecule has 0 aromatic heterocycles. The van der Waals surface area contributed by atoms with E-state index in [1.807, 2.05) is 0 Å². The Bertz CT molecular complexity index is 367. The van der Waals surface area contributed by atoms with Crippen LogP contribution in [0.3, 0.4) is 0 Å². The van der Waals surface area contributed by atoms with Crippen molar-refractivity contribution in [1.29, 1.82) is 0 Å². The Morgan fingerprint density at radius 1 is 1.10 bits per heavy atom. The van der Waals surface area contributed by atoms with E-state index in [0.29, 0.717) is 0 Å². The number of rotatable bonds is 5. The van der Waals surface area contributed by atoms with Gasteiger partial charge in [-0.3, -0.25) is 9.59 Å². The van der Waals surface area contributed by atoms with Crippen LogP contribution in [-0.2, 0) is 9.59 Å². The van der Waals surface area contributed by atoms with Gasteiger partial charge in [-0.2, -0.15) is 0 Å². The maximum absolute atomic E-state index is 12.1. The number of hydrogen-bond donors (Lipinski definition) is 3. The Morgan fingerprint density at radius 3 is 2.25 bits per heavy atom. The lowest BCUT2D eigenvalue weighted by Gasteiger charge is -2.29. The second-order valence-electron chi connectivity index (χ2n) is 5.22. The van der Waals surface area contributed by atoms with E-state index in [1.165, 1.54) is 0 Å². The lowest BCUT2D eigenvalue weighted by molar-refractivity contribution is -0.137. The van der Waals surface area contributed by atoms with Gasteiger partial charge in [0, 0.05) is 19.1 Å². The van der Waals surface area contributed by atoms with E-state index in [-0.39, 0.29) is 12.3 Å². The van der Waals surface area contributed by atoms with Gasteiger partial charge in [-0.15, -0.1) is 0 Å². The molecule has 0 aliphatic carbocycles. The predicted octanol–water partition coefficient (Wildman–Crippen LogP) is 0.550. The van der Waals surface area contributed by atoms with Crippen LogP contribution in [0.4, 0.5) is 4.79 Å². The first-order valence-electron chi connectivity index (χ1n) is 6.97. The van der Waals surface area contributed by atoms with Gasteiger partial charge < -0.3 is 20.6 Å². The summed E-state index contributed by atoms with van der Waals surface area (Å²) in [7, 11) is 0. The van der Waals surface area contributed by atoms with Crippen molar-refractivity contribution in [3.63, 3.8) is 0 Å². The Kier molecular flexibility index (Phi) is 6.27. The summed E-state index contributed by atoms with van der Waals surface area (Å²) < 4.78 is 0. The number of nitrogens with one attached hydrogen (secondary N) is 2. The van der Waals surface area contributed by atoms with Gasteiger partial charge in [0.05, 0.1) is 6.42 Å². The molecule has 0 aromatic rings. The van der Waals surface area contributed by atoms with Crippen molar-refractivity contribution >= 4 is 17.9 Å². The summed E-state index contributed by atoms with van der Waals surface area (Å²) in [5, 5.41) is 13.6. The van der Waals surface area contributed by atoms with Crippen molar-refractivity contribution in [2.75, 3.05) is 13.1 Å². The summed E-state index contributed by atoms with van der Waals surface area (Å²) >= 11 is 0. The summed E-state index contributed by atoms with van der Waals surface area (Å²) in [6.07, 6.45) is 2.99. The lowest BCUT2D eigenvalue weighted by Crippen LogP contribution is -2.52. The topological polar surface area (TPSA) is 98.7 Å². The van der Waals surface area contributed by atoms with E-state index in [0.717, 1.165) is 32.4 Å². The maximum atomic E-state index is 12.1. The van der Waals surface area contributed by atoms with Crippen LogP contribution in [0.15, 0.2) is 0 Å². The molecule has 20 heavy (non-hydrogen) atoms. The Hall–Kier alpha value is -1.79. The number of aliphatic carboxylic acids is 1. The Labute approximate surface area is 118 Å². The number of amides is 3. The molecular formula is C13H23N3O4. The lowest BCUT2D eigenvalue weighted by atomic mass is 10.1. The number of carboxylic acid groups (broad SMARTS) is 1. The zero-order valence-corrected chi connectivity index (χ0v) is 12.0. The third-order valence-corrected chi connectivity index (χ3v) is 3.24. The van der Waals surface area contributed by atoms with Crippen LogP contribution >= 0.6 is 0 Å². The van der Waals surface area contributed by atoms with Crippen molar-refractivity contribution in [3.05, 3.63) is 0 Å². The van der Waals surface area contributed by atoms with E-state index in [4.69, 9.17) is 5.11 Å². The molecule has 7 nitrogen and oxygen atoms in total. The number of likely N-dealkylation sites (tertiary alicyclic amines) is 1. The van der Waals surface area contributed by atoms with E-state index < -0.39 is 24.1 Å². The average molecular weight is 285 g/mol. The fraction of sp³-hybridized carbons (Fsp3) is 0.769. The number of carbonyl (C=O) groups is 3. The fourth-order valence-corrected chi connectivity index (χ4v) is 2.22. The minimum absolute atomic E-state index is 0.0919. The first kappa shape index (κ1) is 16.3. The monoisotopic (exact) mass is 285 g/mol. The van der Waals surface area contributed by atoms with E-state index in [2.05, 4.69) is 10.6 Å². The summed E-state index contributed by atoms with van der Waals surface area (Å²) in [6.45, 7) is 4.72. The number of carbonyl (C=O) groups excluding carboxylic acids is 2. The van der Waals surface area contributed by atoms with Crippen LogP contribution in [0, 0.1) is 0 Å². The van der Waals surface area contributed by atoms with Crippen molar-refractivity contribution in [2.24, 2.45) is 0 Å². The molecule has 0 bridgehead atoms.